The van der Waals surface area contributed by atoms with E-state index in [1.54, 1.807) is 13.1 Å². The zero-order valence-corrected chi connectivity index (χ0v) is 9.54. The monoisotopic (exact) mass is 220 g/mol. The van der Waals surface area contributed by atoms with E-state index >= 15 is 0 Å². The van der Waals surface area contributed by atoms with Crippen LogP contribution in [0, 0.1) is 0 Å². The van der Waals surface area contributed by atoms with Crippen LogP contribution in [0.2, 0.25) is 0 Å². The molecule has 1 amide bonds. The van der Waals surface area contributed by atoms with Gasteiger partial charge in [0.05, 0.1) is 17.4 Å². The molecule has 0 radical (unpaired) electrons. The van der Waals surface area contributed by atoms with Crippen molar-refractivity contribution in [1.29, 1.82) is 0 Å². The lowest BCUT2D eigenvalue weighted by Crippen LogP contribution is -2.19. The summed E-state index contributed by atoms with van der Waals surface area (Å²) in [5.41, 5.74) is 1.44. The quantitative estimate of drug-likeness (QED) is 0.810. The van der Waals surface area contributed by atoms with Crippen LogP contribution in [0.4, 0.5) is 5.69 Å². The maximum absolute atomic E-state index is 11.7. The van der Waals surface area contributed by atoms with Gasteiger partial charge >= 0.3 is 0 Å². The number of amides is 1. The number of carbonyl (C=O) groups excluding carboxylic acids is 1. The van der Waals surface area contributed by atoms with Crippen molar-refractivity contribution >= 4 is 11.6 Å². The molecule has 2 N–H and O–H groups in total. The van der Waals surface area contributed by atoms with Crippen LogP contribution in [-0.2, 0) is 0 Å². The zero-order chi connectivity index (χ0) is 11.5. The predicted molar refractivity (Wildman–Crippen MR) is 63.0 cm³/mol. The number of carbonyl (C=O) groups is 1. The van der Waals surface area contributed by atoms with Gasteiger partial charge in [-0.2, -0.15) is 0 Å². The highest BCUT2D eigenvalue weighted by Gasteiger charge is 2.26. The van der Waals surface area contributed by atoms with Crippen LogP contribution in [0.3, 0.4) is 0 Å². The maximum Gasteiger partial charge on any atom is 0.254 e. The van der Waals surface area contributed by atoms with E-state index in [2.05, 4.69) is 10.6 Å². The Labute approximate surface area is 95.0 Å². The number of benzene rings is 1. The van der Waals surface area contributed by atoms with Crippen molar-refractivity contribution in [3.8, 4) is 5.75 Å². The third kappa shape index (κ3) is 2.10. The lowest BCUT2D eigenvalue weighted by molar-refractivity contribution is 0.0959. The Bertz CT molecular complexity index is 400. The topological polar surface area (TPSA) is 50.4 Å². The summed E-state index contributed by atoms with van der Waals surface area (Å²) >= 11 is 0. The van der Waals surface area contributed by atoms with Gasteiger partial charge in [-0.3, -0.25) is 4.79 Å². The molecule has 0 spiro atoms. The number of para-hydroxylation sites is 1. The zero-order valence-electron chi connectivity index (χ0n) is 9.54. The molecule has 4 nitrogen and oxygen atoms in total. The summed E-state index contributed by atoms with van der Waals surface area (Å²) in [6.45, 7) is 0. The SMILES string of the molecule is CNC(=O)c1cccc(NC)c1OC1CC1. The largest absolute Gasteiger partial charge is 0.487 e. The minimum Gasteiger partial charge on any atom is -0.487 e. The third-order valence-electron chi connectivity index (χ3n) is 2.56. The molecule has 1 aliphatic rings. The van der Waals surface area contributed by atoms with Crippen molar-refractivity contribution in [2.24, 2.45) is 0 Å². The second-order valence-electron chi connectivity index (χ2n) is 3.83. The molecule has 0 aromatic heterocycles. The van der Waals surface area contributed by atoms with Gasteiger partial charge < -0.3 is 15.4 Å². The molecule has 0 bridgehead atoms. The van der Waals surface area contributed by atoms with E-state index in [0.717, 1.165) is 18.5 Å². The smallest absolute Gasteiger partial charge is 0.254 e. The number of anilines is 1. The van der Waals surface area contributed by atoms with Crippen LogP contribution in [0.5, 0.6) is 5.75 Å². The second-order valence-corrected chi connectivity index (χ2v) is 3.83. The Morgan fingerprint density at radius 1 is 1.38 bits per heavy atom. The standard InChI is InChI=1S/C12H16N2O2/c1-13-10-5-3-4-9(12(15)14-2)11(10)16-8-6-7-8/h3-5,8,13H,6-7H2,1-2H3,(H,14,15). The fourth-order valence-corrected chi connectivity index (χ4v) is 1.53. The van der Waals surface area contributed by atoms with Gasteiger partial charge in [0.15, 0.2) is 5.75 Å². The normalized spacial score (nSPS) is 14.4. The number of nitrogens with one attached hydrogen (secondary N) is 2. The third-order valence-corrected chi connectivity index (χ3v) is 2.56. The van der Waals surface area contributed by atoms with E-state index in [4.69, 9.17) is 4.74 Å². The Kier molecular flexibility index (Phi) is 2.99. The van der Waals surface area contributed by atoms with Gasteiger partial charge in [-0.05, 0) is 25.0 Å². The Hall–Kier alpha value is -1.71. The summed E-state index contributed by atoms with van der Waals surface area (Å²) in [5.74, 6) is 0.541. The lowest BCUT2D eigenvalue weighted by atomic mass is 10.1. The molecule has 1 aromatic carbocycles. The van der Waals surface area contributed by atoms with Crippen LogP contribution in [0.25, 0.3) is 0 Å². The number of hydrogen-bond acceptors (Lipinski definition) is 3. The van der Waals surface area contributed by atoms with Crippen molar-refractivity contribution < 1.29 is 9.53 Å². The first-order valence-corrected chi connectivity index (χ1v) is 5.45. The highest BCUT2D eigenvalue weighted by atomic mass is 16.5. The van der Waals surface area contributed by atoms with Crippen molar-refractivity contribution in [2.75, 3.05) is 19.4 Å². The minimum absolute atomic E-state index is 0.118. The minimum atomic E-state index is -0.118. The molecule has 1 aromatic rings. The molecule has 1 fully saturated rings. The van der Waals surface area contributed by atoms with Gasteiger partial charge in [-0.1, -0.05) is 6.07 Å². The summed E-state index contributed by atoms with van der Waals surface area (Å²) in [7, 11) is 3.44. The van der Waals surface area contributed by atoms with Crippen molar-refractivity contribution in [3.63, 3.8) is 0 Å². The Morgan fingerprint density at radius 3 is 2.69 bits per heavy atom. The van der Waals surface area contributed by atoms with E-state index in [1.807, 2.05) is 19.2 Å². The van der Waals surface area contributed by atoms with Crippen LogP contribution in [0.1, 0.15) is 23.2 Å². The van der Waals surface area contributed by atoms with Crippen molar-refractivity contribution in [1.82, 2.24) is 5.32 Å². The summed E-state index contributed by atoms with van der Waals surface area (Å²) in [4.78, 5) is 11.7. The number of ether oxygens (including phenoxy) is 1. The van der Waals surface area contributed by atoms with Gasteiger partial charge in [0.1, 0.15) is 0 Å². The highest BCUT2D eigenvalue weighted by molar-refractivity contribution is 5.98. The molecule has 0 unspecified atom stereocenters. The van der Waals surface area contributed by atoms with Gasteiger partial charge in [0, 0.05) is 14.1 Å². The second kappa shape index (κ2) is 4.43. The van der Waals surface area contributed by atoms with Crippen molar-refractivity contribution in [2.45, 2.75) is 18.9 Å². The molecule has 16 heavy (non-hydrogen) atoms. The predicted octanol–water partition coefficient (Wildman–Crippen LogP) is 1.63. The fraction of sp³-hybridized carbons (Fsp3) is 0.417. The molecular weight excluding hydrogens is 204 g/mol. The van der Waals surface area contributed by atoms with E-state index < -0.39 is 0 Å². The van der Waals surface area contributed by atoms with Crippen LogP contribution >= 0.6 is 0 Å². The molecule has 0 aliphatic heterocycles. The average molecular weight is 220 g/mol. The molecule has 4 heteroatoms. The Balaban J connectivity index is 2.36. The summed E-state index contributed by atoms with van der Waals surface area (Å²) in [5, 5.41) is 5.66. The molecule has 1 aliphatic carbocycles. The fourth-order valence-electron chi connectivity index (χ4n) is 1.53. The number of hydrogen-bond donors (Lipinski definition) is 2. The van der Waals surface area contributed by atoms with E-state index in [-0.39, 0.29) is 12.0 Å². The maximum atomic E-state index is 11.7. The van der Waals surface area contributed by atoms with Crippen molar-refractivity contribution in [3.05, 3.63) is 23.8 Å². The van der Waals surface area contributed by atoms with Gasteiger partial charge in [-0.15, -0.1) is 0 Å². The van der Waals surface area contributed by atoms with Crippen LogP contribution in [0.15, 0.2) is 18.2 Å². The van der Waals surface area contributed by atoms with Crippen LogP contribution in [-0.4, -0.2) is 26.1 Å². The van der Waals surface area contributed by atoms with Gasteiger partial charge in [0.25, 0.3) is 5.91 Å². The van der Waals surface area contributed by atoms with Crippen LogP contribution < -0.4 is 15.4 Å². The first-order valence-electron chi connectivity index (χ1n) is 5.45. The summed E-state index contributed by atoms with van der Waals surface area (Å²) in [6.07, 6.45) is 2.43. The van der Waals surface area contributed by atoms with Gasteiger partial charge in [0.2, 0.25) is 0 Å². The molecule has 2 rings (SSSR count). The molecule has 0 saturated heterocycles. The van der Waals surface area contributed by atoms with E-state index in [9.17, 15) is 4.79 Å². The summed E-state index contributed by atoms with van der Waals surface area (Å²) in [6, 6.07) is 5.53. The number of rotatable bonds is 4. The molecule has 0 heterocycles. The molecule has 1 saturated carbocycles. The molecular formula is C12H16N2O2. The first-order chi connectivity index (χ1) is 7.76. The van der Waals surface area contributed by atoms with E-state index in [0.29, 0.717) is 11.3 Å². The Morgan fingerprint density at radius 2 is 2.12 bits per heavy atom. The van der Waals surface area contributed by atoms with E-state index in [1.165, 1.54) is 0 Å². The lowest BCUT2D eigenvalue weighted by Gasteiger charge is -2.14. The highest BCUT2D eigenvalue weighted by Crippen LogP contribution is 2.34. The molecule has 0 atom stereocenters. The average Bonchev–Trinajstić information content (AvgIpc) is 3.12. The summed E-state index contributed by atoms with van der Waals surface area (Å²) < 4.78 is 5.78. The molecule has 86 valence electrons. The first kappa shape index (κ1) is 10.8. The van der Waals surface area contributed by atoms with Gasteiger partial charge in [-0.25, -0.2) is 0 Å².